The van der Waals surface area contributed by atoms with Crippen LogP contribution in [0.4, 0.5) is 0 Å². The van der Waals surface area contributed by atoms with E-state index in [1.54, 1.807) is 7.11 Å². The number of fused-ring (bicyclic) bond motifs is 1. The van der Waals surface area contributed by atoms with Gasteiger partial charge in [-0.2, -0.15) is 0 Å². The van der Waals surface area contributed by atoms with Crippen LogP contribution in [0.15, 0.2) is 48.8 Å². The third kappa shape index (κ3) is 3.57. The molecule has 1 aromatic carbocycles. The molecule has 3 aromatic rings. The largest absolute Gasteiger partial charge is 0.468 e. The molecule has 0 radical (unpaired) electrons. The van der Waals surface area contributed by atoms with E-state index in [-0.39, 0.29) is 6.79 Å². The number of aromatic nitrogens is 2. The van der Waals surface area contributed by atoms with Crippen molar-refractivity contribution >= 4 is 27.0 Å². The Balaban J connectivity index is 1.95. The van der Waals surface area contributed by atoms with Gasteiger partial charge in [-0.25, -0.2) is 0 Å². The topological polar surface area (TPSA) is 36.3 Å². The molecule has 0 aliphatic heterocycles. The zero-order valence-electron chi connectivity index (χ0n) is 13.0. The molecule has 0 atom stereocenters. The fourth-order valence-electron chi connectivity index (χ4n) is 2.61. The summed E-state index contributed by atoms with van der Waals surface area (Å²) in [5, 5.41) is 0.994. The Bertz CT molecular complexity index is 768. The van der Waals surface area contributed by atoms with Crippen LogP contribution in [0.2, 0.25) is 0 Å². The van der Waals surface area contributed by atoms with Gasteiger partial charge in [0, 0.05) is 36.9 Å². The Morgan fingerprint density at radius 1 is 1.17 bits per heavy atom. The summed E-state index contributed by atoms with van der Waals surface area (Å²) in [5.74, 6) is 0.798. The van der Waals surface area contributed by atoms with Gasteiger partial charge < -0.3 is 14.0 Å². The summed E-state index contributed by atoms with van der Waals surface area (Å²) in [4.78, 5) is 4.57. The fraction of sp³-hybridized carbons (Fsp3) is 0.278. The first-order chi connectivity index (χ1) is 11.3. The maximum atomic E-state index is 5.44. The first-order valence-electron chi connectivity index (χ1n) is 7.55. The smallest absolute Gasteiger partial charge is 0.188 e. The quantitative estimate of drug-likeness (QED) is 0.452. The summed E-state index contributed by atoms with van der Waals surface area (Å²) in [5.41, 5.74) is 4.49. The highest BCUT2D eigenvalue weighted by molar-refractivity contribution is 9.09. The van der Waals surface area contributed by atoms with Crippen LogP contribution in [0.3, 0.4) is 0 Å². The van der Waals surface area contributed by atoms with E-state index in [1.165, 1.54) is 5.52 Å². The molecule has 5 heteroatoms. The third-order valence-electron chi connectivity index (χ3n) is 3.68. The molecule has 2 heterocycles. The number of ether oxygens (including phenoxy) is 2. The lowest BCUT2D eigenvalue weighted by atomic mass is 10.1. The summed E-state index contributed by atoms with van der Waals surface area (Å²) >= 11 is 3.50. The molecule has 0 spiro atoms. The molecule has 0 saturated carbocycles. The predicted molar refractivity (Wildman–Crippen MR) is 96.1 cm³/mol. The lowest BCUT2D eigenvalue weighted by molar-refractivity contribution is 0.0511. The summed E-state index contributed by atoms with van der Waals surface area (Å²) in [6.07, 6.45) is 5.12. The molecule has 3 rings (SSSR count). The molecule has 2 aromatic heterocycles. The van der Waals surface area contributed by atoms with Crippen molar-refractivity contribution < 1.29 is 9.47 Å². The molecular formula is C18H19BrN2O2. The summed E-state index contributed by atoms with van der Waals surface area (Å²) in [6.45, 7) is 1.23. The number of methoxy groups -OCH3 is 1. The lowest BCUT2D eigenvalue weighted by Gasteiger charge is -2.05. The number of benzene rings is 1. The van der Waals surface area contributed by atoms with E-state index in [9.17, 15) is 0 Å². The summed E-state index contributed by atoms with van der Waals surface area (Å²) in [6, 6.07) is 12.1. The molecule has 0 aliphatic carbocycles. The predicted octanol–water partition coefficient (Wildman–Crippen LogP) is 4.47. The van der Waals surface area contributed by atoms with Crippen LogP contribution in [-0.2, 0) is 11.3 Å². The molecule has 4 nitrogen and oxygen atoms in total. The van der Waals surface area contributed by atoms with Crippen molar-refractivity contribution in [2.45, 2.75) is 13.0 Å². The number of pyridine rings is 1. The normalized spacial score (nSPS) is 11.0. The van der Waals surface area contributed by atoms with Crippen LogP contribution in [0.1, 0.15) is 6.42 Å². The molecule has 0 bridgehead atoms. The van der Waals surface area contributed by atoms with E-state index in [2.05, 4.69) is 49.9 Å². The van der Waals surface area contributed by atoms with Gasteiger partial charge in [0.25, 0.3) is 0 Å². The molecule has 0 amide bonds. The first-order valence-corrected chi connectivity index (χ1v) is 8.67. The lowest BCUT2D eigenvalue weighted by Crippen LogP contribution is -1.98. The number of rotatable bonds is 7. The molecule has 120 valence electrons. The van der Waals surface area contributed by atoms with Crippen molar-refractivity contribution in [1.29, 1.82) is 0 Å². The number of aryl methyl sites for hydroxylation is 1. The zero-order chi connectivity index (χ0) is 16.1. The van der Waals surface area contributed by atoms with Gasteiger partial charge >= 0.3 is 0 Å². The standard InChI is InChI=1S/C18H19BrN2O2/c1-22-13-23-15-7-5-14(6-8-15)16-12-21(11-3-9-19)17-4-2-10-20-18(16)17/h2,4-8,10,12H,3,9,11,13H2,1H3. The second-order valence-corrected chi connectivity index (χ2v) is 6.02. The van der Waals surface area contributed by atoms with Crippen LogP contribution in [0.25, 0.3) is 22.2 Å². The minimum Gasteiger partial charge on any atom is -0.468 e. The van der Waals surface area contributed by atoms with Crippen molar-refractivity contribution in [1.82, 2.24) is 9.55 Å². The average molecular weight is 375 g/mol. The van der Waals surface area contributed by atoms with Gasteiger partial charge in [-0.05, 0) is 36.2 Å². The SMILES string of the molecule is COCOc1ccc(-c2cn(CCCBr)c3cccnc23)cc1. The number of nitrogens with zero attached hydrogens (tertiary/aromatic N) is 2. The van der Waals surface area contributed by atoms with Gasteiger partial charge in [-0.15, -0.1) is 0 Å². The Morgan fingerprint density at radius 2 is 2.00 bits per heavy atom. The third-order valence-corrected chi connectivity index (χ3v) is 4.24. The highest BCUT2D eigenvalue weighted by Gasteiger charge is 2.11. The molecule has 0 N–H and O–H groups in total. The number of hydrogen-bond acceptors (Lipinski definition) is 3. The Labute approximate surface area is 144 Å². The van der Waals surface area contributed by atoms with E-state index >= 15 is 0 Å². The van der Waals surface area contributed by atoms with E-state index in [1.807, 2.05) is 24.4 Å². The summed E-state index contributed by atoms with van der Waals surface area (Å²) < 4.78 is 12.6. The molecule has 0 aliphatic rings. The van der Waals surface area contributed by atoms with Gasteiger partial charge in [-0.3, -0.25) is 4.98 Å². The number of hydrogen-bond donors (Lipinski definition) is 0. The molecule has 0 saturated heterocycles. The minimum atomic E-state index is 0.257. The van der Waals surface area contributed by atoms with Gasteiger partial charge in [-0.1, -0.05) is 28.1 Å². The maximum Gasteiger partial charge on any atom is 0.188 e. The second kappa shape index (κ2) is 7.62. The maximum absolute atomic E-state index is 5.44. The molecule has 0 fully saturated rings. The molecular weight excluding hydrogens is 356 g/mol. The fourth-order valence-corrected chi connectivity index (χ4v) is 2.86. The number of alkyl halides is 1. The second-order valence-electron chi connectivity index (χ2n) is 5.23. The first kappa shape index (κ1) is 16.0. The Hall–Kier alpha value is -1.85. The van der Waals surface area contributed by atoms with E-state index < -0.39 is 0 Å². The van der Waals surface area contributed by atoms with Crippen LogP contribution < -0.4 is 4.74 Å². The highest BCUT2D eigenvalue weighted by atomic mass is 79.9. The monoisotopic (exact) mass is 374 g/mol. The van der Waals surface area contributed by atoms with Crippen molar-refractivity contribution in [3.05, 3.63) is 48.8 Å². The van der Waals surface area contributed by atoms with Gasteiger partial charge in [0.1, 0.15) is 5.75 Å². The van der Waals surface area contributed by atoms with Crippen LogP contribution in [0, 0.1) is 0 Å². The van der Waals surface area contributed by atoms with E-state index in [4.69, 9.17) is 9.47 Å². The van der Waals surface area contributed by atoms with Crippen molar-refractivity contribution in [2.24, 2.45) is 0 Å². The van der Waals surface area contributed by atoms with Crippen LogP contribution >= 0.6 is 15.9 Å². The zero-order valence-corrected chi connectivity index (χ0v) is 14.6. The minimum absolute atomic E-state index is 0.257. The van der Waals surface area contributed by atoms with Crippen LogP contribution in [0.5, 0.6) is 5.75 Å². The average Bonchev–Trinajstić information content (AvgIpc) is 2.97. The number of halogens is 1. The molecule has 23 heavy (non-hydrogen) atoms. The highest BCUT2D eigenvalue weighted by Crippen LogP contribution is 2.30. The Kier molecular flexibility index (Phi) is 5.31. The van der Waals surface area contributed by atoms with Gasteiger partial charge in [0.15, 0.2) is 6.79 Å². The van der Waals surface area contributed by atoms with Crippen LogP contribution in [-0.4, -0.2) is 28.8 Å². The van der Waals surface area contributed by atoms with Crippen molar-refractivity contribution in [3.63, 3.8) is 0 Å². The Morgan fingerprint density at radius 3 is 2.74 bits per heavy atom. The summed E-state index contributed by atoms with van der Waals surface area (Å²) in [7, 11) is 1.61. The van der Waals surface area contributed by atoms with Crippen molar-refractivity contribution in [2.75, 3.05) is 19.2 Å². The van der Waals surface area contributed by atoms with Gasteiger partial charge in [0.2, 0.25) is 0 Å². The molecule has 0 unspecified atom stereocenters. The van der Waals surface area contributed by atoms with Gasteiger partial charge in [0.05, 0.1) is 11.0 Å². The van der Waals surface area contributed by atoms with E-state index in [0.717, 1.165) is 40.7 Å². The van der Waals surface area contributed by atoms with Crippen molar-refractivity contribution in [3.8, 4) is 16.9 Å². The van der Waals surface area contributed by atoms with E-state index in [0.29, 0.717) is 0 Å².